The van der Waals surface area contributed by atoms with E-state index in [4.69, 9.17) is 23.4 Å². The molecule has 0 spiro atoms. The lowest BCUT2D eigenvalue weighted by atomic mass is 10.1. The SMILES string of the molecule is COc1cc2oc(-c3ccc(OCC(=O)NCCCN(C)Cc4ccccc4)cc3)cc(=O)c2c(OC)c1OC. The van der Waals surface area contributed by atoms with Gasteiger partial charge in [-0.2, -0.15) is 0 Å². The third-order valence-electron chi connectivity index (χ3n) is 6.37. The monoisotopic (exact) mass is 546 g/mol. The number of nitrogens with zero attached hydrogens (tertiary/aromatic N) is 1. The van der Waals surface area contributed by atoms with Crippen LogP contribution in [0.2, 0.25) is 0 Å². The van der Waals surface area contributed by atoms with Crippen LogP contribution in [0.1, 0.15) is 12.0 Å². The number of rotatable bonds is 13. The number of amides is 1. The van der Waals surface area contributed by atoms with Gasteiger partial charge in [0.15, 0.2) is 23.5 Å². The fourth-order valence-electron chi connectivity index (χ4n) is 4.40. The molecular formula is C31H34N2O7. The average Bonchev–Trinajstić information content (AvgIpc) is 2.97. The summed E-state index contributed by atoms with van der Waals surface area (Å²) < 4.78 is 27.8. The van der Waals surface area contributed by atoms with Gasteiger partial charge in [0.05, 0.1) is 21.3 Å². The first-order valence-corrected chi connectivity index (χ1v) is 12.9. The number of benzene rings is 3. The van der Waals surface area contributed by atoms with Gasteiger partial charge in [-0.05, 0) is 49.8 Å². The van der Waals surface area contributed by atoms with E-state index in [0.29, 0.717) is 40.7 Å². The Labute approximate surface area is 233 Å². The maximum absolute atomic E-state index is 13.0. The number of ether oxygens (including phenoxy) is 4. The quantitative estimate of drug-likeness (QED) is 0.245. The molecule has 4 aromatic rings. The van der Waals surface area contributed by atoms with E-state index in [1.807, 2.05) is 18.2 Å². The molecule has 1 amide bonds. The van der Waals surface area contributed by atoms with Crippen molar-refractivity contribution in [2.75, 3.05) is 48.1 Å². The Balaban J connectivity index is 1.31. The van der Waals surface area contributed by atoms with Gasteiger partial charge >= 0.3 is 0 Å². The molecule has 0 aliphatic rings. The van der Waals surface area contributed by atoms with Gasteiger partial charge in [-0.3, -0.25) is 9.59 Å². The van der Waals surface area contributed by atoms with Crippen molar-refractivity contribution in [3.8, 4) is 34.3 Å². The molecular weight excluding hydrogens is 512 g/mol. The largest absolute Gasteiger partial charge is 0.493 e. The molecule has 0 saturated heterocycles. The van der Waals surface area contributed by atoms with Gasteiger partial charge in [0.2, 0.25) is 5.75 Å². The smallest absolute Gasteiger partial charge is 0.257 e. The fourth-order valence-corrected chi connectivity index (χ4v) is 4.40. The highest BCUT2D eigenvalue weighted by Crippen LogP contribution is 2.42. The van der Waals surface area contributed by atoms with Gasteiger partial charge in [0.1, 0.15) is 22.5 Å². The van der Waals surface area contributed by atoms with Crippen LogP contribution in [0, 0.1) is 0 Å². The Morgan fingerprint density at radius 2 is 1.65 bits per heavy atom. The van der Waals surface area contributed by atoms with Crippen molar-refractivity contribution in [1.82, 2.24) is 10.2 Å². The molecule has 0 fully saturated rings. The lowest BCUT2D eigenvalue weighted by molar-refractivity contribution is -0.123. The molecule has 40 heavy (non-hydrogen) atoms. The second-order valence-corrected chi connectivity index (χ2v) is 9.23. The summed E-state index contributed by atoms with van der Waals surface area (Å²) in [4.78, 5) is 27.4. The summed E-state index contributed by atoms with van der Waals surface area (Å²) in [5.74, 6) is 1.66. The van der Waals surface area contributed by atoms with Crippen LogP contribution < -0.4 is 29.7 Å². The van der Waals surface area contributed by atoms with E-state index >= 15 is 0 Å². The van der Waals surface area contributed by atoms with Crippen molar-refractivity contribution in [1.29, 1.82) is 0 Å². The van der Waals surface area contributed by atoms with Gasteiger partial charge < -0.3 is 33.6 Å². The van der Waals surface area contributed by atoms with Gasteiger partial charge in [0, 0.05) is 30.8 Å². The van der Waals surface area contributed by atoms with E-state index in [0.717, 1.165) is 19.5 Å². The number of fused-ring (bicyclic) bond motifs is 1. The van der Waals surface area contributed by atoms with Crippen molar-refractivity contribution in [2.45, 2.75) is 13.0 Å². The Morgan fingerprint density at radius 3 is 2.33 bits per heavy atom. The maximum atomic E-state index is 13.0. The highest BCUT2D eigenvalue weighted by Gasteiger charge is 2.20. The summed E-state index contributed by atoms with van der Waals surface area (Å²) >= 11 is 0. The fraction of sp³-hybridized carbons (Fsp3) is 0.290. The summed E-state index contributed by atoms with van der Waals surface area (Å²) in [7, 11) is 6.49. The molecule has 0 aliphatic heterocycles. The highest BCUT2D eigenvalue weighted by molar-refractivity contribution is 5.90. The Hall–Kier alpha value is -4.50. The zero-order chi connectivity index (χ0) is 28.5. The predicted octanol–water partition coefficient (Wildman–Crippen LogP) is 4.50. The van der Waals surface area contributed by atoms with E-state index in [1.165, 1.54) is 33.0 Å². The van der Waals surface area contributed by atoms with Crippen LogP contribution in [0.5, 0.6) is 23.0 Å². The molecule has 0 atom stereocenters. The van der Waals surface area contributed by atoms with Crippen molar-refractivity contribution < 1.29 is 28.2 Å². The standard InChI is InChI=1S/C31H34N2O7/c1-33(19-21-9-6-5-7-10-21)16-8-15-32-28(35)20-39-23-13-11-22(12-14-23)25-17-24(34)29-26(40-25)18-27(36-2)30(37-3)31(29)38-4/h5-7,9-14,17-18H,8,15-16,19-20H2,1-4H3,(H,32,35). The van der Waals surface area contributed by atoms with Gasteiger partial charge in [-0.1, -0.05) is 30.3 Å². The molecule has 0 aliphatic carbocycles. The molecule has 9 heteroatoms. The summed E-state index contributed by atoms with van der Waals surface area (Å²) in [6, 6.07) is 20.2. The topological polar surface area (TPSA) is 99.5 Å². The summed E-state index contributed by atoms with van der Waals surface area (Å²) in [5.41, 5.74) is 1.96. The second-order valence-electron chi connectivity index (χ2n) is 9.23. The molecule has 4 rings (SSSR count). The van der Waals surface area contributed by atoms with Crippen LogP contribution in [-0.2, 0) is 11.3 Å². The van der Waals surface area contributed by atoms with Crippen LogP contribution in [0.15, 0.2) is 75.9 Å². The predicted molar refractivity (Wildman–Crippen MR) is 153 cm³/mol. The Morgan fingerprint density at radius 1 is 0.925 bits per heavy atom. The molecule has 210 valence electrons. The normalized spacial score (nSPS) is 10.9. The minimum Gasteiger partial charge on any atom is -0.493 e. The van der Waals surface area contributed by atoms with Crippen molar-refractivity contribution in [3.05, 3.63) is 82.5 Å². The minimum absolute atomic E-state index is 0.0916. The number of carbonyl (C=O) groups excluding carboxylic acids is 1. The van der Waals surface area contributed by atoms with Crippen LogP contribution >= 0.6 is 0 Å². The zero-order valence-electron chi connectivity index (χ0n) is 23.2. The molecule has 0 bridgehead atoms. The van der Waals surface area contributed by atoms with Gasteiger partial charge in [-0.15, -0.1) is 0 Å². The molecule has 0 saturated carbocycles. The molecule has 1 N–H and O–H groups in total. The van der Waals surface area contributed by atoms with Crippen molar-refractivity contribution in [3.63, 3.8) is 0 Å². The third-order valence-corrected chi connectivity index (χ3v) is 6.37. The van der Waals surface area contributed by atoms with E-state index in [2.05, 4.69) is 29.4 Å². The van der Waals surface area contributed by atoms with Crippen LogP contribution in [-0.4, -0.2) is 58.9 Å². The maximum Gasteiger partial charge on any atom is 0.257 e. The third kappa shape index (κ3) is 6.92. The van der Waals surface area contributed by atoms with Gasteiger partial charge in [0.25, 0.3) is 5.91 Å². The molecule has 3 aromatic carbocycles. The first-order chi connectivity index (χ1) is 19.4. The van der Waals surface area contributed by atoms with Crippen LogP contribution in [0.4, 0.5) is 0 Å². The zero-order valence-corrected chi connectivity index (χ0v) is 23.2. The highest BCUT2D eigenvalue weighted by atomic mass is 16.5. The van der Waals surface area contributed by atoms with E-state index in [9.17, 15) is 9.59 Å². The number of methoxy groups -OCH3 is 3. The molecule has 0 radical (unpaired) electrons. The minimum atomic E-state index is -0.280. The Bertz CT molecular complexity index is 1480. The number of carbonyl (C=O) groups is 1. The summed E-state index contributed by atoms with van der Waals surface area (Å²) in [5, 5.41) is 3.15. The van der Waals surface area contributed by atoms with E-state index in [-0.39, 0.29) is 29.1 Å². The lowest BCUT2D eigenvalue weighted by Crippen LogP contribution is -2.31. The van der Waals surface area contributed by atoms with Crippen LogP contribution in [0.3, 0.4) is 0 Å². The van der Waals surface area contributed by atoms with Crippen molar-refractivity contribution in [2.24, 2.45) is 0 Å². The molecule has 0 unspecified atom stereocenters. The number of hydrogen-bond donors (Lipinski definition) is 1. The summed E-state index contributed by atoms with van der Waals surface area (Å²) in [6.45, 7) is 2.22. The first kappa shape index (κ1) is 28.5. The van der Waals surface area contributed by atoms with Crippen LogP contribution in [0.25, 0.3) is 22.3 Å². The van der Waals surface area contributed by atoms with E-state index < -0.39 is 0 Å². The number of nitrogens with one attached hydrogen (secondary N) is 1. The lowest BCUT2D eigenvalue weighted by Gasteiger charge is -2.16. The second kappa shape index (κ2) is 13.5. The Kier molecular flexibility index (Phi) is 9.64. The van der Waals surface area contributed by atoms with Crippen molar-refractivity contribution >= 4 is 16.9 Å². The molecule has 1 heterocycles. The molecule has 9 nitrogen and oxygen atoms in total. The van der Waals surface area contributed by atoms with E-state index in [1.54, 1.807) is 30.3 Å². The van der Waals surface area contributed by atoms with Gasteiger partial charge in [-0.25, -0.2) is 0 Å². The summed E-state index contributed by atoms with van der Waals surface area (Å²) in [6.07, 6.45) is 0.839. The number of hydrogen-bond acceptors (Lipinski definition) is 8. The average molecular weight is 547 g/mol. The molecule has 1 aromatic heterocycles. The first-order valence-electron chi connectivity index (χ1n) is 12.9.